The summed E-state index contributed by atoms with van der Waals surface area (Å²) in [5.41, 5.74) is 0. The van der Waals surface area contributed by atoms with Crippen molar-refractivity contribution < 1.29 is 8.78 Å². The fraction of sp³-hybridized carbons (Fsp3) is 0.231. The van der Waals surface area contributed by atoms with E-state index in [9.17, 15) is 8.78 Å². The molecule has 1 aromatic heterocycles. The van der Waals surface area contributed by atoms with E-state index >= 15 is 0 Å². The number of nitrogens with one attached hydrogen (secondary N) is 1. The van der Waals surface area contributed by atoms with Crippen LogP contribution in [0, 0.1) is 11.6 Å². The Morgan fingerprint density at radius 1 is 1.22 bits per heavy atom. The molecule has 0 aliphatic rings. The summed E-state index contributed by atoms with van der Waals surface area (Å²) in [5, 5.41) is 5.32. The maximum Gasteiger partial charge on any atom is 0.139 e. The number of hydrogen-bond acceptors (Lipinski definition) is 3. The Labute approximate surface area is 113 Å². The molecule has 5 heteroatoms. The van der Waals surface area contributed by atoms with Crippen LogP contribution in [-0.4, -0.2) is 12.3 Å². The van der Waals surface area contributed by atoms with Gasteiger partial charge in [-0.1, -0.05) is 6.07 Å². The molecule has 0 saturated carbocycles. The molecule has 1 aromatic carbocycles. The van der Waals surface area contributed by atoms with E-state index in [2.05, 4.69) is 11.4 Å². The molecule has 2 rings (SSSR count). The third kappa shape index (κ3) is 4.08. The summed E-state index contributed by atoms with van der Waals surface area (Å²) >= 11 is 3.10. The molecule has 1 heterocycles. The Morgan fingerprint density at radius 3 is 2.83 bits per heavy atom. The van der Waals surface area contributed by atoms with Crippen LogP contribution in [0.1, 0.15) is 4.88 Å². The summed E-state index contributed by atoms with van der Waals surface area (Å²) in [7, 11) is 0. The van der Waals surface area contributed by atoms with Gasteiger partial charge in [0.2, 0.25) is 0 Å². The number of thiophene rings is 1. The number of rotatable bonds is 6. The van der Waals surface area contributed by atoms with E-state index in [1.165, 1.54) is 28.8 Å². The lowest BCUT2D eigenvalue weighted by Gasteiger charge is -2.04. The minimum Gasteiger partial charge on any atom is -0.311 e. The largest absolute Gasteiger partial charge is 0.311 e. The minimum atomic E-state index is -0.535. The van der Waals surface area contributed by atoms with Gasteiger partial charge >= 0.3 is 0 Å². The highest BCUT2D eigenvalue weighted by Gasteiger charge is 2.03. The Hall–Kier alpha value is -0.910. The topological polar surface area (TPSA) is 12.0 Å². The van der Waals surface area contributed by atoms with Gasteiger partial charge in [-0.15, -0.1) is 23.1 Å². The van der Waals surface area contributed by atoms with Crippen molar-refractivity contribution in [2.24, 2.45) is 0 Å². The lowest BCUT2D eigenvalue weighted by Crippen LogP contribution is -2.15. The molecule has 0 aliphatic heterocycles. The predicted molar refractivity (Wildman–Crippen MR) is 73.1 cm³/mol. The smallest absolute Gasteiger partial charge is 0.139 e. The molecule has 2 aromatic rings. The summed E-state index contributed by atoms with van der Waals surface area (Å²) in [6.07, 6.45) is 0. The molecular weight excluding hydrogens is 272 g/mol. The van der Waals surface area contributed by atoms with Crippen molar-refractivity contribution in [1.82, 2.24) is 5.32 Å². The van der Waals surface area contributed by atoms with Gasteiger partial charge in [0.05, 0.1) is 0 Å². The van der Waals surface area contributed by atoms with E-state index in [4.69, 9.17) is 0 Å². The van der Waals surface area contributed by atoms with Crippen molar-refractivity contribution in [3.63, 3.8) is 0 Å². The average molecular weight is 285 g/mol. The molecule has 1 N–H and O–H groups in total. The van der Waals surface area contributed by atoms with E-state index in [1.807, 2.05) is 11.4 Å². The molecule has 0 aliphatic carbocycles. The summed E-state index contributed by atoms with van der Waals surface area (Å²) < 4.78 is 26.0. The molecule has 0 spiro atoms. The van der Waals surface area contributed by atoms with Crippen molar-refractivity contribution in [3.05, 3.63) is 52.2 Å². The zero-order chi connectivity index (χ0) is 12.8. The van der Waals surface area contributed by atoms with Crippen LogP contribution in [0.4, 0.5) is 8.78 Å². The summed E-state index contributed by atoms with van der Waals surface area (Å²) in [4.78, 5) is 1.78. The first kappa shape index (κ1) is 13.5. The Bertz CT molecular complexity index is 486. The van der Waals surface area contributed by atoms with Crippen LogP contribution < -0.4 is 5.32 Å². The van der Waals surface area contributed by atoms with E-state index in [0.29, 0.717) is 4.90 Å². The van der Waals surface area contributed by atoms with Crippen LogP contribution in [0.3, 0.4) is 0 Å². The van der Waals surface area contributed by atoms with Crippen molar-refractivity contribution in [2.75, 3.05) is 12.3 Å². The fourth-order valence-electron chi connectivity index (χ4n) is 1.45. The molecule has 0 amide bonds. The van der Waals surface area contributed by atoms with Crippen molar-refractivity contribution in [2.45, 2.75) is 11.4 Å². The molecule has 0 radical (unpaired) electrons. The van der Waals surface area contributed by atoms with Crippen molar-refractivity contribution in [1.29, 1.82) is 0 Å². The second kappa shape index (κ2) is 6.87. The molecule has 0 bridgehead atoms. The van der Waals surface area contributed by atoms with Crippen LogP contribution in [0.5, 0.6) is 0 Å². The molecule has 0 saturated heterocycles. The fourth-order valence-corrected chi connectivity index (χ4v) is 2.95. The molecule has 0 fully saturated rings. The molecule has 18 heavy (non-hydrogen) atoms. The van der Waals surface area contributed by atoms with Gasteiger partial charge in [0.15, 0.2) is 0 Å². The van der Waals surface area contributed by atoms with Crippen molar-refractivity contribution >= 4 is 23.1 Å². The van der Waals surface area contributed by atoms with Gasteiger partial charge in [-0.2, -0.15) is 0 Å². The SMILES string of the molecule is Fc1ccc(SCCNCc2cccs2)c(F)c1. The summed E-state index contributed by atoms with van der Waals surface area (Å²) in [6, 6.07) is 7.77. The Morgan fingerprint density at radius 2 is 2.11 bits per heavy atom. The lowest BCUT2D eigenvalue weighted by atomic mass is 10.3. The summed E-state index contributed by atoms with van der Waals surface area (Å²) in [6.45, 7) is 1.63. The number of hydrogen-bond donors (Lipinski definition) is 1. The average Bonchev–Trinajstić information content (AvgIpc) is 2.84. The Balaban J connectivity index is 1.69. The van der Waals surface area contributed by atoms with Gasteiger partial charge in [0.1, 0.15) is 11.6 Å². The Kier molecular flexibility index (Phi) is 5.16. The van der Waals surface area contributed by atoms with Gasteiger partial charge in [-0.25, -0.2) is 8.78 Å². The number of benzene rings is 1. The number of halogens is 2. The first-order valence-electron chi connectivity index (χ1n) is 5.56. The lowest BCUT2D eigenvalue weighted by molar-refractivity contribution is 0.565. The highest BCUT2D eigenvalue weighted by Crippen LogP contribution is 2.21. The van der Waals surface area contributed by atoms with Crippen LogP contribution in [0.25, 0.3) is 0 Å². The maximum atomic E-state index is 13.3. The zero-order valence-corrected chi connectivity index (χ0v) is 11.3. The third-order valence-electron chi connectivity index (χ3n) is 2.31. The molecule has 0 unspecified atom stereocenters. The number of thioether (sulfide) groups is 1. The molecule has 0 atom stereocenters. The summed E-state index contributed by atoms with van der Waals surface area (Å²) in [5.74, 6) is -0.264. The van der Waals surface area contributed by atoms with Gasteiger partial charge in [0.25, 0.3) is 0 Å². The molecule has 1 nitrogen and oxygen atoms in total. The van der Waals surface area contributed by atoms with E-state index in [-0.39, 0.29) is 0 Å². The second-order valence-corrected chi connectivity index (χ2v) is 5.85. The van der Waals surface area contributed by atoms with Crippen LogP contribution in [0.2, 0.25) is 0 Å². The van der Waals surface area contributed by atoms with Gasteiger partial charge in [-0.3, -0.25) is 0 Å². The maximum absolute atomic E-state index is 13.3. The van der Waals surface area contributed by atoms with Gasteiger partial charge in [0, 0.05) is 34.7 Å². The van der Waals surface area contributed by atoms with E-state index in [0.717, 1.165) is 24.9 Å². The van der Waals surface area contributed by atoms with Gasteiger partial charge in [-0.05, 0) is 23.6 Å². The minimum absolute atomic E-state index is 0.488. The third-order valence-corrected chi connectivity index (χ3v) is 4.24. The molecular formula is C13H13F2NS2. The van der Waals surface area contributed by atoms with Crippen LogP contribution >= 0.6 is 23.1 Å². The zero-order valence-electron chi connectivity index (χ0n) is 9.66. The highest BCUT2D eigenvalue weighted by atomic mass is 32.2. The standard InChI is InChI=1S/C13H13F2NS2/c14-10-3-4-13(12(15)8-10)18-7-5-16-9-11-2-1-6-17-11/h1-4,6,8,16H,5,7,9H2. The monoisotopic (exact) mass is 285 g/mol. The quantitative estimate of drug-likeness (QED) is 0.638. The normalized spacial score (nSPS) is 10.8. The first-order chi connectivity index (χ1) is 8.75. The van der Waals surface area contributed by atoms with E-state index < -0.39 is 11.6 Å². The van der Waals surface area contributed by atoms with Crippen LogP contribution in [-0.2, 0) is 6.54 Å². The van der Waals surface area contributed by atoms with E-state index in [1.54, 1.807) is 11.3 Å². The van der Waals surface area contributed by atoms with Gasteiger partial charge < -0.3 is 5.32 Å². The first-order valence-corrected chi connectivity index (χ1v) is 7.43. The van der Waals surface area contributed by atoms with Crippen LogP contribution in [0.15, 0.2) is 40.6 Å². The predicted octanol–water partition coefficient (Wildman–Crippen LogP) is 3.91. The van der Waals surface area contributed by atoms with Crippen molar-refractivity contribution in [3.8, 4) is 0 Å². The highest BCUT2D eigenvalue weighted by molar-refractivity contribution is 7.99. The molecule has 96 valence electrons. The second-order valence-electron chi connectivity index (χ2n) is 3.68.